The average molecular weight is 259 g/mol. The van der Waals surface area contributed by atoms with E-state index in [1.54, 1.807) is 0 Å². The van der Waals surface area contributed by atoms with Crippen LogP contribution in [0.3, 0.4) is 0 Å². The van der Waals surface area contributed by atoms with Gasteiger partial charge in [0.25, 0.3) is 0 Å². The van der Waals surface area contributed by atoms with E-state index in [0.29, 0.717) is 12.1 Å². The number of hydrogen-bond acceptors (Lipinski definition) is 4. The van der Waals surface area contributed by atoms with Crippen molar-refractivity contribution in [1.29, 1.82) is 0 Å². The van der Waals surface area contributed by atoms with E-state index in [-0.39, 0.29) is 0 Å². The monoisotopic (exact) mass is 259 g/mol. The van der Waals surface area contributed by atoms with Gasteiger partial charge in [-0.05, 0) is 12.6 Å². The number of benzene rings is 1. The van der Waals surface area contributed by atoms with Crippen LogP contribution in [0.2, 0.25) is 0 Å². The number of hydrogen-bond donors (Lipinski definition) is 1. The Balaban J connectivity index is 1.68. The minimum absolute atomic E-state index is 0.488. The minimum Gasteiger partial charge on any atom is -0.411 e. The van der Waals surface area contributed by atoms with Gasteiger partial charge >= 0.3 is 0 Å². The quantitative estimate of drug-likeness (QED) is 0.650. The van der Waals surface area contributed by atoms with Crippen LogP contribution < -0.4 is 0 Å². The summed E-state index contributed by atoms with van der Waals surface area (Å²) in [7, 11) is 2.20. The Hall–Kier alpha value is -1.39. The fraction of sp³-hybridized carbons (Fsp3) is 0.533. The highest BCUT2D eigenvalue weighted by molar-refractivity contribution is 5.86. The van der Waals surface area contributed by atoms with Gasteiger partial charge in [-0.3, -0.25) is 9.80 Å². The Morgan fingerprint density at radius 3 is 2.37 bits per heavy atom. The number of rotatable bonds is 2. The molecule has 1 N–H and O–H groups in total. The van der Waals surface area contributed by atoms with E-state index in [1.165, 1.54) is 5.56 Å². The van der Waals surface area contributed by atoms with Crippen LogP contribution >= 0.6 is 0 Å². The second kappa shape index (κ2) is 5.31. The lowest BCUT2D eigenvalue weighted by atomic mass is 9.90. The zero-order valence-electron chi connectivity index (χ0n) is 11.4. The zero-order valence-corrected chi connectivity index (χ0v) is 11.4. The van der Waals surface area contributed by atoms with Crippen LogP contribution in [0.15, 0.2) is 35.5 Å². The van der Waals surface area contributed by atoms with E-state index in [9.17, 15) is 0 Å². The first-order valence-electron chi connectivity index (χ1n) is 6.94. The van der Waals surface area contributed by atoms with Crippen molar-refractivity contribution in [3.05, 3.63) is 35.9 Å². The summed E-state index contributed by atoms with van der Waals surface area (Å²) < 4.78 is 0. The molecule has 1 aromatic carbocycles. The molecule has 2 aliphatic heterocycles. The number of piperidine rings is 1. The van der Waals surface area contributed by atoms with Gasteiger partial charge in [-0.15, -0.1) is 0 Å². The molecule has 2 saturated heterocycles. The average Bonchev–Trinajstić information content (AvgIpc) is 2.41. The Morgan fingerprint density at radius 1 is 1.16 bits per heavy atom. The maximum Gasteiger partial charge on any atom is 0.0602 e. The summed E-state index contributed by atoms with van der Waals surface area (Å²) in [5.41, 5.74) is 2.34. The van der Waals surface area contributed by atoms with Crippen molar-refractivity contribution in [1.82, 2.24) is 9.80 Å². The van der Waals surface area contributed by atoms with Crippen molar-refractivity contribution < 1.29 is 5.21 Å². The lowest BCUT2D eigenvalue weighted by molar-refractivity contribution is 0.0335. The Morgan fingerprint density at radius 2 is 1.79 bits per heavy atom. The molecule has 2 aliphatic rings. The molecule has 0 radical (unpaired) electrons. The van der Waals surface area contributed by atoms with Gasteiger partial charge in [-0.25, -0.2) is 0 Å². The molecule has 2 bridgehead atoms. The van der Waals surface area contributed by atoms with Crippen LogP contribution in [0, 0.1) is 0 Å². The van der Waals surface area contributed by atoms with Crippen LogP contribution in [-0.2, 0) is 6.54 Å². The van der Waals surface area contributed by atoms with E-state index >= 15 is 0 Å². The number of nitrogens with zero attached hydrogens (tertiary/aromatic N) is 3. The molecule has 0 aromatic heterocycles. The normalized spacial score (nSPS) is 28.4. The van der Waals surface area contributed by atoms with Crippen molar-refractivity contribution in [2.24, 2.45) is 5.16 Å². The topological polar surface area (TPSA) is 39.1 Å². The van der Waals surface area contributed by atoms with Gasteiger partial charge in [0.05, 0.1) is 5.71 Å². The summed E-state index contributed by atoms with van der Waals surface area (Å²) >= 11 is 0. The number of likely N-dealkylation sites (tertiary alicyclic amines) is 1. The number of oxime groups is 1. The Kier molecular flexibility index (Phi) is 3.53. The lowest BCUT2D eigenvalue weighted by Gasteiger charge is -2.48. The van der Waals surface area contributed by atoms with Crippen LogP contribution in [0.5, 0.6) is 0 Å². The molecule has 4 heteroatoms. The van der Waals surface area contributed by atoms with Gasteiger partial charge in [0.15, 0.2) is 0 Å². The number of likely N-dealkylation sites (N-methyl/N-ethyl adjacent to an activating group) is 1. The highest BCUT2D eigenvalue weighted by atomic mass is 16.4. The smallest absolute Gasteiger partial charge is 0.0602 e. The Labute approximate surface area is 114 Å². The summed E-state index contributed by atoms with van der Waals surface area (Å²) in [5.74, 6) is 0. The fourth-order valence-electron chi connectivity index (χ4n) is 3.32. The second-order valence-electron chi connectivity index (χ2n) is 5.73. The van der Waals surface area contributed by atoms with Crippen molar-refractivity contribution in [2.45, 2.75) is 31.5 Å². The van der Waals surface area contributed by atoms with Gasteiger partial charge < -0.3 is 5.21 Å². The molecule has 0 aliphatic carbocycles. The molecular formula is C15H21N3O. The molecule has 1 aromatic rings. The minimum atomic E-state index is 0.488. The molecule has 0 amide bonds. The molecule has 2 heterocycles. The second-order valence-corrected chi connectivity index (χ2v) is 5.73. The van der Waals surface area contributed by atoms with Crippen LogP contribution in [0.4, 0.5) is 0 Å². The molecule has 19 heavy (non-hydrogen) atoms. The first-order chi connectivity index (χ1) is 9.26. The SMILES string of the molecule is CN1C2CC(=NO)CC1CN(Cc1ccccc1)C2. The lowest BCUT2D eigenvalue weighted by Crippen LogP contribution is -2.60. The number of fused-ring (bicyclic) bond motifs is 2. The van der Waals surface area contributed by atoms with Crippen molar-refractivity contribution in [2.75, 3.05) is 20.1 Å². The summed E-state index contributed by atoms with van der Waals surface area (Å²) in [6.45, 7) is 3.13. The van der Waals surface area contributed by atoms with Gasteiger partial charge in [0, 0.05) is 44.6 Å². The predicted octanol–water partition coefficient (Wildman–Crippen LogP) is 1.80. The van der Waals surface area contributed by atoms with E-state index in [4.69, 9.17) is 5.21 Å². The van der Waals surface area contributed by atoms with Gasteiger partial charge in [-0.1, -0.05) is 35.5 Å². The highest BCUT2D eigenvalue weighted by Crippen LogP contribution is 2.26. The third-order valence-corrected chi connectivity index (χ3v) is 4.42. The first kappa shape index (κ1) is 12.6. The first-order valence-corrected chi connectivity index (χ1v) is 6.94. The van der Waals surface area contributed by atoms with Crippen molar-refractivity contribution >= 4 is 5.71 Å². The molecule has 0 spiro atoms. The maximum absolute atomic E-state index is 8.99. The molecule has 2 fully saturated rings. The van der Waals surface area contributed by atoms with Crippen LogP contribution in [-0.4, -0.2) is 52.9 Å². The summed E-state index contributed by atoms with van der Waals surface area (Å²) in [5, 5.41) is 12.4. The molecule has 4 nitrogen and oxygen atoms in total. The summed E-state index contributed by atoms with van der Waals surface area (Å²) in [4.78, 5) is 4.98. The molecule has 2 atom stereocenters. The van der Waals surface area contributed by atoms with E-state index in [2.05, 4.69) is 52.3 Å². The molecule has 3 rings (SSSR count). The van der Waals surface area contributed by atoms with Crippen molar-refractivity contribution in [3.8, 4) is 0 Å². The van der Waals surface area contributed by atoms with E-state index in [1.807, 2.05) is 0 Å². The van der Waals surface area contributed by atoms with Gasteiger partial charge in [0.2, 0.25) is 0 Å². The van der Waals surface area contributed by atoms with E-state index in [0.717, 1.165) is 38.2 Å². The standard InChI is InChI=1S/C15H21N3O/c1-17-14-7-13(16-19)8-15(17)11-18(10-14)9-12-5-3-2-4-6-12/h2-6,14-15,19H,7-11H2,1H3. The van der Waals surface area contributed by atoms with E-state index < -0.39 is 0 Å². The van der Waals surface area contributed by atoms with Gasteiger partial charge in [-0.2, -0.15) is 0 Å². The largest absolute Gasteiger partial charge is 0.411 e. The summed E-state index contributed by atoms with van der Waals surface area (Å²) in [6, 6.07) is 11.6. The predicted molar refractivity (Wildman–Crippen MR) is 75.5 cm³/mol. The fourth-order valence-corrected chi connectivity index (χ4v) is 3.32. The molecule has 102 valence electrons. The maximum atomic E-state index is 8.99. The van der Waals surface area contributed by atoms with Crippen LogP contribution in [0.1, 0.15) is 18.4 Å². The van der Waals surface area contributed by atoms with Crippen LogP contribution in [0.25, 0.3) is 0 Å². The number of piperazine rings is 1. The van der Waals surface area contributed by atoms with Crippen molar-refractivity contribution in [3.63, 3.8) is 0 Å². The molecule has 2 unspecified atom stereocenters. The zero-order chi connectivity index (χ0) is 13.2. The molecule has 0 saturated carbocycles. The highest BCUT2D eigenvalue weighted by Gasteiger charge is 2.37. The third kappa shape index (κ3) is 2.65. The molecular weight excluding hydrogens is 238 g/mol. The Bertz CT molecular complexity index is 442. The van der Waals surface area contributed by atoms with Gasteiger partial charge in [0.1, 0.15) is 0 Å². The summed E-state index contributed by atoms with van der Waals surface area (Å²) in [6.07, 6.45) is 1.80. The third-order valence-electron chi connectivity index (χ3n) is 4.42.